The molecule has 1 aromatic rings. The lowest BCUT2D eigenvalue weighted by Crippen LogP contribution is -3.13. The van der Waals surface area contributed by atoms with Crippen LogP contribution in [-0.4, -0.2) is 49.7 Å². The first-order valence-corrected chi connectivity index (χ1v) is 7.52. The molecular weight excluding hydrogens is 300 g/mol. The van der Waals surface area contributed by atoms with Gasteiger partial charge in [-0.25, -0.2) is 0 Å². The SMILES string of the molecule is O=C([O-])C=CC(=O)N1CC[NH+](Cc2cccc3c2OCO3)CC1. The van der Waals surface area contributed by atoms with Crippen molar-refractivity contribution in [3.8, 4) is 11.5 Å². The Bertz CT molecular complexity index is 635. The molecule has 7 heteroatoms. The Morgan fingerprint density at radius 3 is 2.74 bits per heavy atom. The molecule has 2 aliphatic heterocycles. The van der Waals surface area contributed by atoms with Gasteiger partial charge in [0.05, 0.1) is 37.7 Å². The van der Waals surface area contributed by atoms with Gasteiger partial charge in [0, 0.05) is 6.08 Å². The molecule has 1 fully saturated rings. The summed E-state index contributed by atoms with van der Waals surface area (Å²) in [6.45, 7) is 3.86. The number of hydrogen-bond donors (Lipinski definition) is 1. The lowest BCUT2D eigenvalue weighted by molar-refractivity contribution is -0.917. The maximum atomic E-state index is 11.8. The van der Waals surface area contributed by atoms with Crippen LogP contribution in [-0.2, 0) is 16.1 Å². The van der Waals surface area contributed by atoms with E-state index in [0.29, 0.717) is 13.1 Å². The number of fused-ring (bicyclic) bond motifs is 1. The fraction of sp³-hybridized carbons (Fsp3) is 0.375. The minimum Gasteiger partial charge on any atom is -0.545 e. The Morgan fingerprint density at radius 1 is 1.22 bits per heavy atom. The monoisotopic (exact) mass is 318 g/mol. The van der Waals surface area contributed by atoms with Crippen molar-refractivity contribution < 1.29 is 29.1 Å². The van der Waals surface area contributed by atoms with Crippen molar-refractivity contribution in [3.63, 3.8) is 0 Å². The van der Waals surface area contributed by atoms with E-state index in [4.69, 9.17) is 9.47 Å². The van der Waals surface area contributed by atoms with Gasteiger partial charge in [0.2, 0.25) is 12.7 Å². The van der Waals surface area contributed by atoms with E-state index in [1.807, 2.05) is 18.2 Å². The molecule has 2 aliphatic rings. The van der Waals surface area contributed by atoms with Crippen LogP contribution < -0.4 is 19.5 Å². The van der Waals surface area contributed by atoms with E-state index in [9.17, 15) is 14.7 Å². The Labute approximate surface area is 133 Å². The first kappa shape index (κ1) is 15.4. The van der Waals surface area contributed by atoms with Gasteiger partial charge in [-0.15, -0.1) is 0 Å². The topological polar surface area (TPSA) is 83.3 Å². The van der Waals surface area contributed by atoms with Crippen molar-refractivity contribution in [1.29, 1.82) is 0 Å². The van der Waals surface area contributed by atoms with E-state index in [1.165, 1.54) is 4.90 Å². The zero-order valence-electron chi connectivity index (χ0n) is 12.6. The van der Waals surface area contributed by atoms with Gasteiger partial charge in [-0.2, -0.15) is 0 Å². The average Bonchev–Trinajstić information content (AvgIpc) is 3.03. The van der Waals surface area contributed by atoms with Crippen LogP contribution in [0.3, 0.4) is 0 Å². The number of benzene rings is 1. The zero-order valence-corrected chi connectivity index (χ0v) is 12.6. The Morgan fingerprint density at radius 2 is 2.00 bits per heavy atom. The fourth-order valence-electron chi connectivity index (χ4n) is 2.86. The molecule has 0 spiro atoms. The standard InChI is InChI=1S/C16H18N2O5/c19-14(4-5-15(20)21)18-8-6-17(7-9-18)10-12-2-1-3-13-16(12)23-11-22-13/h1-5H,6-11H2,(H,20,21). The molecule has 0 aromatic heterocycles. The maximum Gasteiger partial charge on any atom is 0.247 e. The number of aliphatic carboxylic acids is 1. The van der Waals surface area contributed by atoms with Gasteiger partial charge >= 0.3 is 0 Å². The van der Waals surface area contributed by atoms with Gasteiger partial charge in [-0.05, 0) is 18.2 Å². The molecule has 0 unspecified atom stereocenters. The summed E-state index contributed by atoms with van der Waals surface area (Å²) in [7, 11) is 0. The van der Waals surface area contributed by atoms with Gasteiger partial charge in [0.1, 0.15) is 6.54 Å². The molecule has 23 heavy (non-hydrogen) atoms. The normalized spacial score (nSPS) is 17.7. The molecule has 0 radical (unpaired) electrons. The molecule has 0 bridgehead atoms. The van der Waals surface area contributed by atoms with Gasteiger partial charge in [-0.3, -0.25) is 4.79 Å². The zero-order chi connectivity index (χ0) is 16.2. The largest absolute Gasteiger partial charge is 0.545 e. The van der Waals surface area contributed by atoms with Crippen molar-refractivity contribution in [3.05, 3.63) is 35.9 Å². The summed E-state index contributed by atoms with van der Waals surface area (Å²) in [6.07, 6.45) is 1.82. The van der Waals surface area contributed by atoms with Crippen molar-refractivity contribution in [1.82, 2.24) is 4.90 Å². The predicted octanol–water partition coefficient (Wildman–Crippen LogP) is -2.05. The Hall–Kier alpha value is -2.54. The molecule has 1 amide bonds. The van der Waals surface area contributed by atoms with Crippen molar-refractivity contribution in [2.75, 3.05) is 33.0 Å². The van der Waals surface area contributed by atoms with Crippen LogP contribution >= 0.6 is 0 Å². The third-order valence-electron chi connectivity index (χ3n) is 4.06. The molecule has 0 aliphatic carbocycles. The second kappa shape index (κ2) is 6.70. The van der Waals surface area contributed by atoms with Crippen LogP contribution in [0, 0.1) is 0 Å². The molecule has 1 N–H and O–H groups in total. The quantitative estimate of drug-likeness (QED) is 0.646. The second-order valence-electron chi connectivity index (χ2n) is 5.56. The van der Waals surface area contributed by atoms with Gasteiger partial charge < -0.3 is 29.2 Å². The van der Waals surface area contributed by atoms with Crippen molar-refractivity contribution in [2.24, 2.45) is 0 Å². The van der Waals surface area contributed by atoms with Gasteiger partial charge in [-0.1, -0.05) is 6.07 Å². The van der Waals surface area contributed by atoms with E-state index in [0.717, 1.165) is 48.8 Å². The number of carboxylic acid groups (broad SMARTS) is 1. The summed E-state index contributed by atoms with van der Waals surface area (Å²) in [5.74, 6) is -0.0492. The number of carbonyl (C=O) groups excluding carboxylic acids is 2. The number of ether oxygens (including phenoxy) is 2. The van der Waals surface area contributed by atoms with E-state index in [-0.39, 0.29) is 12.7 Å². The lowest BCUT2D eigenvalue weighted by Gasteiger charge is -2.31. The number of hydrogen-bond acceptors (Lipinski definition) is 5. The first-order chi connectivity index (χ1) is 11.1. The minimum absolute atomic E-state index is 0.259. The maximum absolute atomic E-state index is 11.8. The number of piperazine rings is 1. The molecule has 2 heterocycles. The summed E-state index contributed by atoms with van der Waals surface area (Å²) in [6, 6.07) is 5.87. The predicted molar refractivity (Wildman–Crippen MR) is 77.7 cm³/mol. The Kier molecular flexibility index (Phi) is 4.47. The molecular formula is C16H18N2O5. The van der Waals surface area contributed by atoms with E-state index in [1.54, 1.807) is 4.90 Å². The van der Waals surface area contributed by atoms with Crippen LogP contribution in [0.2, 0.25) is 0 Å². The molecule has 7 nitrogen and oxygen atoms in total. The lowest BCUT2D eigenvalue weighted by atomic mass is 10.1. The van der Waals surface area contributed by atoms with Crippen LogP contribution in [0.4, 0.5) is 0 Å². The van der Waals surface area contributed by atoms with Crippen molar-refractivity contribution in [2.45, 2.75) is 6.54 Å². The van der Waals surface area contributed by atoms with E-state index >= 15 is 0 Å². The molecule has 122 valence electrons. The molecule has 0 atom stereocenters. The van der Waals surface area contributed by atoms with Crippen LogP contribution in [0.5, 0.6) is 11.5 Å². The number of nitrogens with zero attached hydrogens (tertiary/aromatic N) is 1. The average molecular weight is 318 g/mol. The number of quaternary nitrogens is 1. The smallest absolute Gasteiger partial charge is 0.247 e. The summed E-state index contributed by atoms with van der Waals surface area (Å²) in [4.78, 5) is 25.2. The Balaban J connectivity index is 1.55. The number of rotatable bonds is 4. The molecule has 0 saturated carbocycles. The molecule has 1 saturated heterocycles. The highest BCUT2D eigenvalue weighted by atomic mass is 16.7. The summed E-state index contributed by atoms with van der Waals surface area (Å²) in [5.41, 5.74) is 1.10. The second-order valence-corrected chi connectivity index (χ2v) is 5.56. The summed E-state index contributed by atoms with van der Waals surface area (Å²) < 4.78 is 10.9. The van der Waals surface area contributed by atoms with Gasteiger partial charge in [0.15, 0.2) is 11.5 Å². The first-order valence-electron chi connectivity index (χ1n) is 7.52. The van der Waals surface area contributed by atoms with E-state index in [2.05, 4.69) is 0 Å². The highest BCUT2D eigenvalue weighted by Crippen LogP contribution is 2.34. The molecule has 1 aromatic carbocycles. The van der Waals surface area contributed by atoms with E-state index < -0.39 is 5.97 Å². The number of carbonyl (C=O) groups is 2. The third kappa shape index (κ3) is 3.62. The molecule has 3 rings (SSSR count). The van der Waals surface area contributed by atoms with Crippen LogP contribution in [0.1, 0.15) is 5.56 Å². The van der Waals surface area contributed by atoms with Crippen LogP contribution in [0.15, 0.2) is 30.4 Å². The minimum atomic E-state index is -1.36. The highest BCUT2D eigenvalue weighted by molar-refractivity contribution is 5.93. The third-order valence-corrected chi connectivity index (χ3v) is 4.06. The highest BCUT2D eigenvalue weighted by Gasteiger charge is 2.25. The van der Waals surface area contributed by atoms with Gasteiger partial charge in [0.25, 0.3) is 0 Å². The van der Waals surface area contributed by atoms with Crippen molar-refractivity contribution >= 4 is 11.9 Å². The fourth-order valence-corrected chi connectivity index (χ4v) is 2.86. The number of para-hydroxylation sites is 1. The van der Waals surface area contributed by atoms with Crippen LogP contribution in [0.25, 0.3) is 0 Å². The number of amides is 1. The number of nitrogens with one attached hydrogen (secondary N) is 1. The number of carboxylic acids is 1. The summed E-state index contributed by atoms with van der Waals surface area (Å²) >= 11 is 0. The summed E-state index contributed by atoms with van der Waals surface area (Å²) in [5, 5.41) is 10.3.